The van der Waals surface area contributed by atoms with Crippen molar-refractivity contribution in [2.24, 2.45) is 0 Å². The van der Waals surface area contributed by atoms with E-state index in [9.17, 15) is 17.2 Å². The van der Waals surface area contributed by atoms with Crippen LogP contribution < -0.4 is 4.74 Å². The summed E-state index contributed by atoms with van der Waals surface area (Å²) in [4.78, 5) is 1.13. The number of hydrogen-bond donors (Lipinski definition) is 0. The van der Waals surface area contributed by atoms with Crippen LogP contribution in [0.1, 0.15) is 0 Å². The van der Waals surface area contributed by atoms with E-state index >= 15 is 0 Å². The molecular weight excluding hydrogens is 288 g/mol. The molecule has 1 rings (SSSR count). The van der Waals surface area contributed by atoms with Crippen molar-refractivity contribution in [3.63, 3.8) is 0 Å². The molecule has 1 aromatic carbocycles. The van der Waals surface area contributed by atoms with E-state index in [-0.39, 0.29) is 6.61 Å². The smallest absolute Gasteiger partial charge is 0.261 e. The average molecular weight is 300 g/mol. The van der Waals surface area contributed by atoms with Crippen LogP contribution in [-0.4, -0.2) is 40.6 Å². The lowest BCUT2D eigenvalue weighted by atomic mass is 10.3. The Morgan fingerprint density at radius 2 is 1.78 bits per heavy atom. The van der Waals surface area contributed by atoms with Gasteiger partial charge < -0.3 is 9.64 Å². The van der Waals surface area contributed by atoms with E-state index in [1.54, 1.807) is 19.0 Å². The Kier molecular flexibility index (Phi) is 4.89. The quantitative estimate of drug-likeness (QED) is 0.778. The summed E-state index contributed by atoms with van der Waals surface area (Å²) in [5, 5.41) is 0. The van der Waals surface area contributed by atoms with Crippen molar-refractivity contribution >= 4 is 19.7 Å². The Bertz CT molecular complexity index is 511. The van der Waals surface area contributed by atoms with Crippen LogP contribution in [0.25, 0.3) is 0 Å². The highest BCUT2D eigenvalue weighted by Gasteiger charge is 2.18. The number of nitrogens with zero attached hydrogens (tertiary/aromatic N) is 1. The molecule has 0 bridgehead atoms. The minimum atomic E-state index is -4.17. The Hall–Kier alpha value is -0.920. The van der Waals surface area contributed by atoms with Gasteiger partial charge in [-0.2, -0.15) is 0 Å². The second-order valence-corrected chi connectivity index (χ2v) is 6.37. The molecule has 0 N–H and O–H groups in total. The first-order valence-corrected chi connectivity index (χ1v) is 7.24. The van der Waals surface area contributed by atoms with Gasteiger partial charge in [0.2, 0.25) is 0 Å². The van der Waals surface area contributed by atoms with Gasteiger partial charge in [-0.1, -0.05) is 0 Å². The van der Waals surface area contributed by atoms with E-state index < -0.39 is 31.3 Å². The average Bonchev–Trinajstić information content (AvgIpc) is 2.20. The van der Waals surface area contributed by atoms with Gasteiger partial charge in [-0.15, -0.1) is 0 Å². The number of likely N-dealkylation sites (N-methyl/N-ethyl adjacent to an activating group) is 1. The molecule has 0 saturated carbocycles. The third kappa shape index (κ3) is 4.08. The van der Waals surface area contributed by atoms with Crippen molar-refractivity contribution < 1.29 is 21.9 Å². The maximum Gasteiger partial charge on any atom is 0.261 e. The largest absolute Gasteiger partial charge is 0.486 e. The predicted molar refractivity (Wildman–Crippen MR) is 63.4 cm³/mol. The summed E-state index contributed by atoms with van der Waals surface area (Å²) < 4.78 is 53.7. The molecule has 0 heterocycles. The van der Waals surface area contributed by atoms with Crippen LogP contribution in [-0.2, 0) is 9.05 Å². The fraction of sp³-hybridized carbons (Fsp3) is 0.400. The van der Waals surface area contributed by atoms with Crippen molar-refractivity contribution in [1.29, 1.82) is 0 Å². The topological polar surface area (TPSA) is 46.6 Å². The Balaban J connectivity index is 2.95. The maximum atomic E-state index is 13.5. The molecule has 0 aromatic heterocycles. The van der Waals surface area contributed by atoms with E-state index in [1.165, 1.54) is 0 Å². The lowest BCUT2D eigenvalue weighted by molar-refractivity contribution is 0.242. The summed E-state index contributed by atoms with van der Waals surface area (Å²) in [6, 6.07) is 1.24. The molecule has 0 aliphatic carbocycles. The van der Waals surface area contributed by atoms with Crippen LogP contribution in [0.5, 0.6) is 5.75 Å². The van der Waals surface area contributed by atoms with Crippen molar-refractivity contribution in [2.75, 3.05) is 27.2 Å². The van der Waals surface area contributed by atoms with Crippen molar-refractivity contribution in [2.45, 2.75) is 4.90 Å². The van der Waals surface area contributed by atoms with Gasteiger partial charge in [0.1, 0.15) is 6.61 Å². The highest BCUT2D eigenvalue weighted by Crippen LogP contribution is 2.27. The predicted octanol–water partition coefficient (Wildman–Crippen LogP) is 1.83. The van der Waals surface area contributed by atoms with Crippen LogP contribution in [0.15, 0.2) is 17.0 Å². The first-order chi connectivity index (χ1) is 8.21. The highest BCUT2D eigenvalue weighted by molar-refractivity contribution is 8.13. The van der Waals surface area contributed by atoms with Crippen LogP contribution in [0.3, 0.4) is 0 Å². The number of hydrogen-bond acceptors (Lipinski definition) is 4. The second kappa shape index (κ2) is 5.81. The molecule has 0 saturated heterocycles. The minimum Gasteiger partial charge on any atom is -0.486 e. The minimum absolute atomic E-state index is 0.0772. The molecule has 0 radical (unpaired) electrons. The molecule has 0 amide bonds. The maximum absolute atomic E-state index is 13.5. The van der Waals surface area contributed by atoms with Crippen molar-refractivity contribution in [3.05, 3.63) is 23.8 Å². The SMILES string of the molecule is CN(C)CCOc1c(F)cc(S(=O)(=O)Cl)cc1F. The molecule has 0 fully saturated rings. The van der Waals surface area contributed by atoms with Crippen molar-refractivity contribution in [3.8, 4) is 5.75 Å². The molecule has 0 atom stereocenters. The molecule has 1 aromatic rings. The molecule has 8 heteroatoms. The highest BCUT2D eigenvalue weighted by atomic mass is 35.7. The molecule has 102 valence electrons. The number of rotatable bonds is 5. The lowest BCUT2D eigenvalue weighted by Gasteiger charge is -2.12. The van der Waals surface area contributed by atoms with Gasteiger partial charge in [0.25, 0.3) is 9.05 Å². The summed E-state index contributed by atoms with van der Waals surface area (Å²) in [5.41, 5.74) is 0. The molecule has 18 heavy (non-hydrogen) atoms. The fourth-order valence-electron chi connectivity index (χ4n) is 1.15. The first-order valence-electron chi connectivity index (χ1n) is 4.93. The van der Waals surface area contributed by atoms with Crippen LogP contribution in [0.4, 0.5) is 8.78 Å². The Labute approximate surface area is 109 Å². The van der Waals surface area contributed by atoms with Crippen LogP contribution in [0, 0.1) is 11.6 Å². The van der Waals surface area contributed by atoms with Gasteiger partial charge in [-0.3, -0.25) is 0 Å². The summed E-state index contributed by atoms with van der Waals surface area (Å²) in [6.45, 7) is 0.544. The molecule has 4 nitrogen and oxygen atoms in total. The summed E-state index contributed by atoms with van der Waals surface area (Å²) in [5.74, 6) is -2.82. The van der Waals surface area contributed by atoms with Gasteiger partial charge in [-0.25, -0.2) is 17.2 Å². The van der Waals surface area contributed by atoms with E-state index in [4.69, 9.17) is 15.4 Å². The van der Waals surface area contributed by atoms with Crippen LogP contribution in [0.2, 0.25) is 0 Å². The Morgan fingerprint density at radius 3 is 2.17 bits per heavy atom. The second-order valence-electron chi connectivity index (χ2n) is 3.81. The number of ether oxygens (including phenoxy) is 1. The zero-order valence-electron chi connectivity index (χ0n) is 9.78. The van der Waals surface area contributed by atoms with E-state index in [0.29, 0.717) is 18.7 Å². The molecule has 0 aliphatic rings. The third-order valence-corrected chi connectivity index (χ3v) is 3.37. The van der Waals surface area contributed by atoms with Crippen LogP contribution >= 0.6 is 10.7 Å². The van der Waals surface area contributed by atoms with E-state index in [0.717, 1.165) is 0 Å². The standard InChI is InChI=1S/C10H12ClF2NO3S/c1-14(2)3-4-17-10-8(12)5-7(6-9(10)13)18(11,15)16/h5-6H,3-4H2,1-2H3. The first kappa shape index (κ1) is 15.1. The molecular formula is C10H12ClF2NO3S. The van der Waals surface area contributed by atoms with Gasteiger partial charge in [0, 0.05) is 17.2 Å². The third-order valence-electron chi connectivity index (χ3n) is 2.04. The van der Waals surface area contributed by atoms with E-state index in [1.807, 2.05) is 0 Å². The lowest BCUT2D eigenvalue weighted by Crippen LogP contribution is -2.20. The normalized spacial score (nSPS) is 11.9. The van der Waals surface area contributed by atoms with Gasteiger partial charge in [-0.05, 0) is 26.2 Å². The molecule has 0 spiro atoms. The summed E-state index contributed by atoms with van der Waals surface area (Å²) >= 11 is 0. The zero-order chi connectivity index (χ0) is 13.9. The van der Waals surface area contributed by atoms with Gasteiger partial charge in [0.05, 0.1) is 4.90 Å². The zero-order valence-corrected chi connectivity index (χ0v) is 11.4. The summed E-state index contributed by atoms with van der Waals surface area (Å²) in [6.07, 6.45) is 0. The number of halogens is 3. The molecule has 0 aliphatic heterocycles. The summed E-state index contributed by atoms with van der Waals surface area (Å²) in [7, 11) is 4.38. The number of benzene rings is 1. The fourth-order valence-corrected chi connectivity index (χ4v) is 1.90. The van der Waals surface area contributed by atoms with Crippen molar-refractivity contribution in [1.82, 2.24) is 4.90 Å². The van der Waals surface area contributed by atoms with E-state index in [2.05, 4.69) is 0 Å². The van der Waals surface area contributed by atoms with Gasteiger partial charge >= 0.3 is 0 Å². The Morgan fingerprint density at radius 1 is 1.28 bits per heavy atom. The van der Waals surface area contributed by atoms with Gasteiger partial charge in [0.15, 0.2) is 17.4 Å². The molecule has 0 unspecified atom stereocenters. The monoisotopic (exact) mass is 299 g/mol.